The smallest absolute Gasteiger partial charge is 0.408 e. The largest absolute Gasteiger partial charge is 0.489 e. The van der Waals surface area contributed by atoms with Crippen LogP contribution in [0.5, 0.6) is 5.75 Å². The Morgan fingerprint density at radius 2 is 1.86 bits per heavy atom. The average molecular weight is 404 g/mol. The van der Waals surface area contributed by atoms with Gasteiger partial charge in [-0.15, -0.1) is 0 Å². The lowest BCUT2D eigenvalue weighted by Crippen LogP contribution is -2.51. The average Bonchev–Trinajstić information content (AvgIpc) is 2.72. The van der Waals surface area contributed by atoms with Crippen molar-refractivity contribution in [3.8, 4) is 5.75 Å². The number of hydrogen-bond donors (Lipinski definition) is 1. The number of carbonyl (C=O) groups excluding carboxylic acids is 2. The van der Waals surface area contributed by atoms with Crippen LogP contribution in [-0.2, 0) is 16.1 Å². The van der Waals surface area contributed by atoms with E-state index in [0.717, 1.165) is 18.2 Å². The summed E-state index contributed by atoms with van der Waals surface area (Å²) in [6, 6.07) is 8.84. The first-order valence-electron chi connectivity index (χ1n) is 9.10. The van der Waals surface area contributed by atoms with E-state index in [2.05, 4.69) is 5.32 Å². The number of nitrogens with zero attached hydrogens (tertiary/aromatic N) is 1. The third-order valence-corrected chi connectivity index (χ3v) is 4.08. The summed E-state index contributed by atoms with van der Waals surface area (Å²) >= 11 is 0. The fraction of sp³-hybridized carbons (Fsp3) is 0.333. The fourth-order valence-corrected chi connectivity index (χ4v) is 2.95. The van der Waals surface area contributed by atoms with Crippen LogP contribution in [0.25, 0.3) is 0 Å². The number of halogens is 2. The molecule has 1 N–H and O–H groups in total. The minimum absolute atomic E-state index is 0.0968. The van der Waals surface area contributed by atoms with Crippen LogP contribution in [0.15, 0.2) is 42.5 Å². The lowest BCUT2D eigenvalue weighted by atomic mass is 10.1. The minimum atomic E-state index is -1.03. The van der Waals surface area contributed by atoms with Crippen molar-refractivity contribution < 1.29 is 27.8 Å². The Bertz CT molecular complexity index is 907. The molecule has 2 aromatic carbocycles. The van der Waals surface area contributed by atoms with E-state index in [1.165, 1.54) is 4.90 Å². The van der Waals surface area contributed by atoms with Crippen LogP contribution >= 0.6 is 0 Å². The van der Waals surface area contributed by atoms with Gasteiger partial charge < -0.3 is 19.7 Å². The van der Waals surface area contributed by atoms with Crippen molar-refractivity contribution >= 4 is 17.7 Å². The normalized spacial score (nSPS) is 16.5. The highest BCUT2D eigenvalue weighted by Gasteiger charge is 2.33. The van der Waals surface area contributed by atoms with Crippen molar-refractivity contribution in [2.24, 2.45) is 0 Å². The Balaban J connectivity index is 1.90. The van der Waals surface area contributed by atoms with Crippen molar-refractivity contribution in [2.45, 2.75) is 39.0 Å². The van der Waals surface area contributed by atoms with Gasteiger partial charge in [-0.25, -0.2) is 13.6 Å². The van der Waals surface area contributed by atoms with Crippen LogP contribution in [0.3, 0.4) is 0 Å². The molecule has 0 unspecified atom stereocenters. The van der Waals surface area contributed by atoms with Crippen molar-refractivity contribution in [1.82, 2.24) is 5.32 Å². The van der Waals surface area contributed by atoms with Crippen LogP contribution in [0.2, 0.25) is 0 Å². The highest BCUT2D eigenvalue weighted by molar-refractivity contribution is 6.00. The number of carbonyl (C=O) groups is 2. The standard InChI is InChI=1S/C21H22F2N2O4/c1-21(2,3)29-20(27)24-16-12-28-18-7-5-4-6-17(18)25(19(16)26)11-13-8-14(22)10-15(23)9-13/h4-10,16H,11-12H2,1-3H3,(H,24,27)/t16-/m0/s1. The van der Waals surface area contributed by atoms with Crippen LogP contribution in [0, 0.1) is 11.6 Å². The van der Waals surface area contributed by atoms with Crippen LogP contribution in [0.1, 0.15) is 26.3 Å². The third kappa shape index (κ3) is 5.22. The van der Waals surface area contributed by atoms with Gasteiger partial charge in [-0.2, -0.15) is 0 Å². The molecular weight excluding hydrogens is 382 g/mol. The molecule has 0 aromatic heterocycles. The molecule has 1 aliphatic heterocycles. The Kier molecular flexibility index (Phi) is 5.72. The molecule has 1 atom stereocenters. The van der Waals surface area contributed by atoms with Crippen LogP contribution in [0.4, 0.5) is 19.3 Å². The molecule has 0 aliphatic carbocycles. The van der Waals surface area contributed by atoms with E-state index in [1.807, 2.05) is 0 Å². The molecule has 1 aliphatic rings. The van der Waals surface area contributed by atoms with Crippen molar-refractivity contribution in [1.29, 1.82) is 0 Å². The summed E-state index contributed by atoms with van der Waals surface area (Å²) in [7, 11) is 0. The highest BCUT2D eigenvalue weighted by atomic mass is 19.1. The summed E-state index contributed by atoms with van der Waals surface area (Å²) in [5.74, 6) is -1.54. The number of amides is 2. The molecule has 3 rings (SSSR count). The number of para-hydroxylation sites is 2. The molecule has 6 nitrogen and oxygen atoms in total. The Morgan fingerprint density at radius 3 is 2.52 bits per heavy atom. The summed E-state index contributed by atoms with van der Waals surface area (Å²) in [6.07, 6.45) is -0.762. The lowest BCUT2D eigenvalue weighted by Gasteiger charge is -2.26. The van der Waals surface area contributed by atoms with Gasteiger partial charge in [0.25, 0.3) is 5.91 Å². The predicted octanol–water partition coefficient (Wildman–Crippen LogP) is 3.78. The first kappa shape index (κ1) is 20.6. The molecule has 154 valence electrons. The summed E-state index contributed by atoms with van der Waals surface area (Å²) in [5, 5.41) is 2.51. The zero-order chi connectivity index (χ0) is 21.2. The molecule has 0 saturated carbocycles. The maximum atomic E-state index is 13.6. The summed E-state index contributed by atoms with van der Waals surface area (Å²) < 4.78 is 38.2. The Hall–Kier alpha value is -3.16. The third-order valence-electron chi connectivity index (χ3n) is 4.08. The molecule has 0 saturated heterocycles. The number of benzene rings is 2. The molecule has 0 spiro atoms. The highest BCUT2D eigenvalue weighted by Crippen LogP contribution is 2.32. The maximum Gasteiger partial charge on any atom is 0.408 e. The number of fused-ring (bicyclic) bond motifs is 1. The van der Waals surface area contributed by atoms with Crippen molar-refractivity contribution in [3.63, 3.8) is 0 Å². The zero-order valence-corrected chi connectivity index (χ0v) is 16.4. The molecule has 0 fully saturated rings. The van der Waals surface area contributed by atoms with Gasteiger partial charge in [-0.3, -0.25) is 4.79 Å². The zero-order valence-electron chi connectivity index (χ0n) is 16.4. The number of alkyl carbamates (subject to hydrolysis) is 1. The van der Waals surface area contributed by atoms with Gasteiger partial charge in [-0.1, -0.05) is 12.1 Å². The molecule has 1 heterocycles. The van der Waals surface area contributed by atoms with Gasteiger partial charge in [-0.05, 0) is 50.6 Å². The second-order valence-corrected chi connectivity index (χ2v) is 7.68. The molecule has 2 amide bonds. The SMILES string of the molecule is CC(C)(C)OC(=O)N[C@H]1COc2ccccc2N(Cc2cc(F)cc(F)c2)C1=O. The second-order valence-electron chi connectivity index (χ2n) is 7.68. The Morgan fingerprint density at radius 1 is 1.21 bits per heavy atom. The van der Waals surface area contributed by atoms with E-state index in [1.54, 1.807) is 45.0 Å². The number of nitrogens with one attached hydrogen (secondary N) is 1. The molecule has 8 heteroatoms. The van der Waals surface area contributed by atoms with E-state index in [9.17, 15) is 18.4 Å². The van der Waals surface area contributed by atoms with Crippen molar-refractivity contribution in [3.05, 3.63) is 59.7 Å². The first-order chi connectivity index (χ1) is 13.6. The Labute approximate surface area is 167 Å². The molecule has 0 bridgehead atoms. The minimum Gasteiger partial charge on any atom is -0.489 e. The number of ether oxygens (including phenoxy) is 2. The summed E-state index contributed by atoms with van der Waals surface area (Å²) in [6.45, 7) is 4.92. The molecule has 0 radical (unpaired) electrons. The van der Waals surface area contributed by atoms with Gasteiger partial charge in [0.1, 0.15) is 35.6 Å². The lowest BCUT2D eigenvalue weighted by molar-refractivity contribution is -0.121. The van der Waals surface area contributed by atoms with Crippen LogP contribution in [-0.4, -0.2) is 30.3 Å². The molecule has 2 aromatic rings. The van der Waals surface area contributed by atoms with Gasteiger partial charge >= 0.3 is 6.09 Å². The fourth-order valence-electron chi connectivity index (χ4n) is 2.95. The van der Waals surface area contributed by atoms with Gasteiger partial charge in [0.05, 0.1) is 12.2 Å². The number of rotatable bonds is 3. The molecular formula is C21H22F2N2O4. The summed E-state index contributed by atoms with van der Waals surface area (Å²) in [5.41, 5.74) is -0.0280. The predicted molar refractivity (Wildman–Crippen MR) is 103 cm³/mol. The van der Waals surface area contributed by atoms with Gasteiger partial charge in [0.2, 0.25) is 0 Å². The van der Waals surface area contributed by atoms with Gasteiger partial charge in [0.15, 0.2) is 0 Å². The molecule has 29 heavy (non-hydrogen) atoms. The first-order valence-corrected chi connectivity index (χ1v) is 9.10. The number of hydrogen-bond acceptors (Lipinski definition) is 4. The summed E-state index contributed by atoms with van der Waals surface area (Å²) in [4.78, 5) is 26.7. The topological polar surface area (TPSA) is 67.9 Å². The monoisotopic (exact) mass is 404 g/mol. The van der Waals surface area contributed by atoms with Crippen molar-refractivity contribution in [2.75, 3.05) is 11.5 Å². The van der Waals surface area contributed by atoms with E-state index in [0.29, 0.717) is 11.4 Å². The van der Waals surface area contributed by atoms with E-state index in [4.69, 9.17) is 9.47 Å². The van der Waals surface area contributed by atoms with Crippen LogP contribution < -0.4 is 15.0 Å². The van der Waals surface area contributed by atoms with E-state index >= 15 is 0 Å². The van der Waals surface area contributed by atoms with E-state index in [-0.39, 0.29) is 18.7 Å². The van der Waals surface area contributed by atoms with Gasteiger partial charge in [0, 0.05) is 6.07 Å². The second kappa shape index (κ2) is 8.06. The maximum absolute atomic E-state index is 13.6. The van der Waals surface area contributed by atoms with E-state index < -0.39 is 35.3 Å². The number of anilines is 1. The quantitative estimate of drug-likeness (QED) is 0.845.